The maximum Gasteiger partial charge on any atom is 0.178 e. The molecule has 2 atom stereocenters. The fourth-order valence-electron chi connectivity index (χ4n) is 2.41. The third-order valence-corrected chi connectivity index (χ3v) is 3.66. The maximum atomic E-state index is 12.3. The molecule has 0 aromatic heterocycles. The van der Waals surface area contributed by atoms with Crippen molar-refractivity contribution < 1.29 is 9.53 Å². The Kier molecular flexibility index (Phi) is 4.85. The first-order valence-electron chi connectivity index (χ1n) is 6.31. The summed E-state index contributed by atoms with van der Waals surface area (Å²) >= 11 is 11.9. The second kappa shape index (κ2) is 6.23. The Balaban J connectivity index is 2.06. The van der Waals surface area contributed by atoms with Gasteiger partial charge in [0.15, 0.2) is 5.78 Å². The second-order valence-electron chi connectivity index (χ2n) is 5.00. The smallest absolute Gasteiger partial charge is 0.178 e. The largest absolute Gasteiger partial charge is 0.373 e. The number of hydrogen-bond donors (Lipinski definition) is 0. The summed E-state index contributed by atoms with van der Waals surface area (Å²) in [7, 11) is 0. The van der Waals surface area contributed by atoms with E-state index in [1.54, 1.807) is 18.2 Å². The molecule has 19 heavy (non-hydrogen) atoms. The van der Waals surface area contributed by atoms with Crippen LogP contribution in [0.25, 0.3) is 0 Å². The van der Waals surface area contributed by atoms with E-state index in [0.29, 0.717) is 22.2 Å². The predicted molar refractivity (Wildman–Crippen MR) is 77.2 cm³/mol. The van der Waals surface area contributed by atoms with Crippen LogP contribution in [0, 0.1) is 0 Å². The fraction of sp³-hybridized carbons (Fsp3) is 0.500. The minimum Gasteiger partial charge on any atom is -0.373 e. The number of hydrogen-bond acceptors (Lipinski definition) is 3. The van der Waals surface area contributed by atoms with Crippen molar-refractivity contribution in [3.05, 3.63) is 33.8 Å². The highest BCUT2D eigenvalue weighted by Crippen LogP contribution is 2.22. The van der Waals surface area contributed by atoms with E-state index in [0.717, 1.165) is 13.1 Å². The minimum atomic E-state index is -0.00574. The van der Waals surface area contributed by atoms with Gasteiger partial charge in [-0.05, 0) is 32.0 Å². The van der Waals surface area contributed by atoms with Crippen LogP contribution in [0.4, 0.5) is 0 Å². The molecule has 1 heterocycles. The number of carbonyl (C=O) groups is 1. The molecule has 5 heteroatoms. The molecule has 1 aliphatic heterocycles. The van der Waals surface area contributed by atoms with Gasteiger partial charge in [0, 0.05) is 23.7 Å². The molecule has 0 bridgehead atoms. The van der Waals surface area contributed by atoms with Crippen molar-refractivity contribution in [3.8, 4) is 0 Å². The highest BCUT2D eigenvalue weighted by atomic mass is 35.5. The molecule has 0 amide bonds. The van der Waals surface area contributed by atoms with Crippen molar-refractivity contribution in [2.75, 3.05) is 19.6 Å². The van der Waals surface area contributed by atoms with Crippen LogP contribution in [0.3, 0.4) is 0 Å². The average Bonchev–Trinajstić information content (AvgIpc) is 2.30. The molecule has 104 valence electrons. The van der Waals surface area contributed by atoms with Gasteiger partial charge < -0.3 is 4.74 Å². The van der Waals surface area contributed by atoms with E-state index in [-0.39, 0.29) is 18.0 Å². The van der Waals surface area contributed by atoms with Gasteiger partial charge in [0.2, 0.25) is 0 Å². The lowest BCUT2D eigenvalue weighted by Gasteiger charge is -2.34. The zero-order valence-electron chi connectivity index (χ0n) is 11.0. The molecule has 0 aliphatic carbocycles. The molecule has 1 aromatic rings. The van der Waals surface area contributed by atoms with E-state index < -0.39 is 0 Å². The van der Waals surface area contributed by atoms with E-state index in [9.17, 15) is 4.79 Å². The predicted octanol–water partition coefficient (Wildman–Crippen LogP) is 3.29. The minimum absolute atomic E-state index is 0.00574. The summed E-state index contributed by atoms with van der Waals surface area (Å²) in [4.78, 5) is 14.4. The van der Waals surface area contributed by atoms with Crippen LogP contribution < -0.4 is 0 Å². The highest BCUT2D eigenvalue weighted by Gasteiger charge is 2.24. The molecule has 1 aliphatic rings. The number of halogens is 2. The molecule has 3 nitrogen and oxygen atoms in total. The molecule has 0 N–H and O–H groups in total. The van der Waals surface area contributed by atoms with Gasteiger partial charge in [-0.15, -0.1) is 0 Å². The normalized spacial score (nSPS) is 24.4. The van der Waals surface area contributed by atoms with Crippen molar-refractivity contribution in [3.63, 3.8) is 0 Å². The number of morpholine rings is 1. The molecule has 1 aromatic carbocycles. The molecule has 2 rings (SSSR count). The summed E-state index contributed by atoms with van der Waals surface area (Å²) < 4.78 is 5.65. The Labute approximate surface area is 123 Å². The topological polar surface area (TPSA) is 29.5 Å². The van der Waals surface area contributed by atoms with E-state index in [2.05, 4.69) is 4.90 Å². The van der Waals surface area contributed by atoms with Crippen LogP contribution in [0.15, 0.2) is 18.2 Å². The number of carbonyl (C=O) groups excluding carboxylic acids is 1. The molecule has 0 saturated carbocycles. The monoisotopic (exact) mass is 301 g/mol. The van der Waals surface area contributed by atoms with Gasteiger partial charge in [-0.1, -0.05) is 23.2 Å². The third-order valence-electron chi connectivity index (χ3n) is 3.09. The van der Waals surface area contributed by atoms with E-state index in [1.807, 2.05) is 13.8 Å². The fourth-order valence-corrected chi connectivity index (χ4v) is 2.81. The van der Waals surface area contributed by atoms with Crippen LogP contribution in [0.5, 0.6) is 0 Å². The highest BCUT2D eigenvalue weighted by molar-refractivity contribution is 6.36. The van der Waals surface area contributed by atoms with Crippen LogP contribution >= 0.6 is 23.2 Å². The van der Waals surface area contributed by atoms with Gasteiger partial charge in [0.05, 0.1) is 23.8 Å². The molecule has 0 radical (unpaired) electrons. The first-order valence-corrected chi connectivity index (χ1v) is 7.07. The van der Waals surface area contributed by atoms with Crippen molar-refractivity contribution in [1.82, 2.24) is 4.90 Å². The number of ketones is 1. The number of ether oxygens (including phenoxy) is 1. The van der Waals surface area contributed by atoms with E-state index in [4.69, 9.17) is 27.9 Å². The van der Waals surface area contributed by atoms with Gasteiger partial charge in [0.25, 0.3) is 0 Å². The van der Waals surface area contributed by atoms with E-state index in [1.165, 1.54) is 0 Å². The summed E-state index contributed by atoms with van der Waals surface area (Å²) in [6.45, 7) is 5.89. The Morgan fingerprint density at radius 3 is 2.58 bits per heavy atom. The van der Waals surface area contributed by atoms with Crippen molar-refractivity contribution in [2.45, 2.75) is 26.1 Å². The Hall–Kier alpha value is -0.610. The van der Waals surface area contributed by atoms with Gasteiger partial charge in [0.1, 0.15) is 0 Å². The lowest BCUT2D eigenvalue weighted by molar-refractivity contribution is -0.0652. The van der Waals surface area contributed by atoms with Crippen LogP contribution in [0.1, 0.15) is 24.2 Å². The van der Waals surface area contributed by atoms with Crippen LogP contribution in [-0.4, -0.2) is 42.5 Å². The SMILES string of the molecule is C[C@@H]1CN(CC(=O)c2cc(Cl)ccc2Cl)C[C@H](C)O1. The lowest BCUT2D eigenvalue weighted by Crippen LogP contribution is -2.47. The zero-order valence-corrected chi connectivity index (χ0v) is 12.5. The summed E-state index contributed by atoms with van der Waals surface area (Å²) in [6.07, 6.45) is 0.290. The molecular formula is C14H17Cl2NO2. The molecule has 0 spiro atoms. The molecule has 1 saturated heterocycles. The van der Waals surface area contributed by atoms with Gasteiger partial charge in [-0.3, -0.25) is 9.69 Å². The van der Waals surface area contributed by atoms with Crippen molar-refractivity contribution in [1.29, 1.82) is 0 Å². The number of Topliss-reactive ketones (excluding diaryl/α,β-unsaturated/α-hetero) is 1. The number of rotatable bonds is 3. The van der Waals surface area contributed by atoms with Gasteiger partial charge in [-0.2, -0.15) is 0 Å². The molecule has 1 fully saturated rings. The summed E-state index contributed by atoms with van der Waals surface area (Å²) in [5, 5.41) is 0.972. The number of nitrogens with zero attached hydrogens (tertiary/aromatic N) is 1. The van der Waals surface area contributed by atoms with Gasteiger partial charge in [-0.25, -0.2) is 0 Å². The lowest BCUT2D eigenvalue weighted by atomic mass is 10.1. The summed E-state index contributed by atoms with van der Waals surface area (Å²) in [5.74, 6) is -0.00574. The van der Waals surface area contributed by atoms with Crippen molar-refractivity contribution >= 4 is 29.0 Å². The number of benzene rings is 1. The molecular weight excluding hydrogens is 285 g/mol. The molecule has 0 unspecified atom stereocenters. The second-order valence-corrected chi connectivity index (χ2v) is 5.84. The van der Waals surface area contributed by atoms with Gasteiger partial charge >= 0.3 is 0 Å². The van der Waals surface area contributed by atoms with Crippen LogP contribution in [-0.2, 0) is 4.74 Å². The maximum absolute atomic E-state index is 12.3. The van der Waals surface area contributed by atoms with E-state index >= 15 is 0 Å². The first kappa shape index (κ1) is 14.8. The first-order chi connectivity index (χ1) is 8.95. The zero-order chi connectivity index (χ0) is 14.0. The van der Waals surface area contributed by atoms with Crippen LogP contribution in [0.2, 0.25) is 10.0 Å². The van der Waals surface area contributed by atoms with Crippen molar-refractivity contribution in [2.24, 2.45) is 0 Å². The summed E-state index contributed by atoms with van der Waals surface area (Å²) in [6, 6.07) is 4.96. The third kappa shape index (κ3) is 3.93. The Morgan fingerprint density at radius 1 is 1.32 bits per heavy atom. The Morgan fingerprint density at radius 2 is 1.95 bits per heavy atom. The average molecular weight is 302 g/mol. The Bertz CT molecular complexity index is 469. The summed E-state index contributed by atoms with van der Waals surface area (Å²) in [5.41, 5.74) is 0.487. The standard InChI is InChI=1S/C14H17Cl2NO2/c1-9-6-17(7-10(2)19-9)8-14(18)12-5-11(15)3-4-13(12)16/h3-5,9-10H,6-8H2,1-2H3/t9-,10+. The quantitative estimate of drug-likeness (QED) is 0.803.